The van der Waals surface area contributed by atoms with Crippen molar-refractivity contribution >= 4 is 46.2 Å². The molecule has 0 radical (unpaired) electrons. The van der Waals surface area contributed by atoms with Gasteiger partial charge in [0.1, 0.15) is 6.26 Å². The molecule has 0 amide bonds. The molecule has 0 aromatic carbocycles. The summed E-state index contributed by atoms with van der Waals surface area (Å²) < 4.78 is 6.96. The Bertz CT molecular complexity index is 823. The van der Waals surface area contributed by atoms with Gasteiger partial charge in [-0.05, 0) is 6.92 Å². The quantitative estimate of drug-likeness (QED) is 0.329. The number of aliphatic imine (C=N–C) groups is 1. The van der Waals surface area contributed by atoms with Gasteiger partial charge in [0.05, 0.1) is 17.9 Å². The van der Waals surface area contributed by atoms with Crippen molar-refractivity contribution in [3.63, 3.8) is 0 Å². The van der Waals surface area contributed by atoms with Gasteiger partial charge in [0.15, 0.2) is 10.9 Å². The number of piperazine rings is 1. The Labute approximate surface area is 179 Å². The summed E-state index contributed by atoms with van der Waals surface area (Å²) >= 11 is 1.64. The van der Waals surface area contributed by atoms with Crippen LogP contribution in [0, 0.1) is 0 Å². The van der Waals surface area contributed by atoms with Crippen LogP contribution in [0.1, 0.15) is 18.3 Å². The number of hydrogen-bond donors (Lipinski definition) is 1. The molecule has 0 unspecified atom stereocenters. The summed E-state index contributed by atoms with van der Waals surface area (Å²) in [6.07, 6.45) is 5.70. The molecule has 1 aliphatic heterocycles. The van der Waals surface area contributed by atoms with Crippen LogP contribution in [0.3, 0.4) is 0 Å². The fourth-order valence-corrected chi connectivity index (χ4v) is 3.82. The highest BCUT2D eigenvalue weighted by molar-refractivity contribution is 14.0. The molecular formula is C17H24IN7OS. The molecule has 8 nitrogen and oxygen atoms in total. The first kappa shape index (κ1) is 20.1. The number of fused-ring (bicyclic) bond motifs is 1. The second kappa shape index (κ2) is 9.51. The SMILES string of the molecule is CCNC(=NCc1cn2ccsc2n1)N1CCN(Cc2ccon2)CC1.I. The van der Waals surface area contributed by atoms with Crippen molar-refractivity contribution in [1.82, 2.24) is 29.7 Å². The van der Waals surface area contributed by atoms with Crippen LogP contribution in [-0.2, 0) is 13.1 Å². The van der Waals surface area contributed by atoms with E-state index in [0.29, 0.717) is 6.54 Å². The van der Waals surface area contributed by atoms with Crippen LogP contribution in [0.5, 0.6) is 0 Å². The smallest absolute Gasteiger partial charge is 0.194 e. The van der Waals surface area contributed by atoms with Crippen molar-refractivity contribution in [2.45, 2.75) is 20.0 Å². The zero-order valence-electron chi connectivity index (χ0n) is 15.2. The summed E-state index contributed by atoms with van der Waals surface area (Å²) in [6.45, 7) is 8.25. The maximum atomic E-state index is 4.91. The molecular weight excluding hydrogens is 477 g/mol. The number of guanidine groups is 1. The highest BCUT2D eigenvalue weighted by Crippen LogP contribution is 2.12. The predicted octanol–water partition coefficient (Wildman–Crippen LogP) is 2.29. The topological polar surface area (TPSA) is 74.2 Å². The van der Waals surface area contributed by atoms with Crippen LogP contribution in [0.25, 0.3) is 4.96 Å². The molecule has 0 bridgehead atoms. The molecule has 1 N–H and O–H groups in total. The van der Waals surface area contributed by atoms with Gasteiger partial charge in [-0.3, -0.25) is 9.30 Å². The van der Waals surface area contributed by atoms with Gasteiger partial charge in [-0.15, -0.1) is 35.3 Å². The van der Waals surface area contributed by atoms with Crippen molar-refractivity contribution in [3.8, 4) is 0 Å². The van der Waals surface area contributed by atoms with Gasteiger partial charge in [-0.1, -0.05) is 5.16 Å². The van der Waals surface area contributed by atoms with Crippen molar-refractivity contribution in [1.29, 1.82) is 0 Å². The molecule has 0 aliphatic carbocycles. The summed E-state index contributed by atoms with van der Waals surface area (Å²) in [4.78, 5) is 15.1. The molecule has 0 spiro atoms. The number of rotatable bonds is 5. The summed E-state index contributed by atoms with van der Waals surface area (Å²) in [7, 11) is 0. The fourth-order valence-electron chi connectivity index (χ4n) is 3.10. The summed E-state index contributed by atoms with van der Waals surface area (Å²) in [6, 6.07) is 1.92. The van der Waals surface area contributed by atoms with Crippen molar-refractivity contribution in [2.75, 3.05) is 32.7 Å². The molecule has 4 heterocycles. The third kappa shape index (κ3) is 4.99. The first-order valence-electron chi connectivity index (χ1n) is 8.88. The van der Waals surface area contributed by atoms with Gasteiger partial charge in [-0.25, -0.2) is 9.98 Å². The Morgan fingerprint density at radius 3 is 2.85 bits per heavy atom. The molecule has 1 fully saturated rings. The first-order valence-corrected chi connectivity index (χ1v) is 9.75. The Balaban J connectivity index is 0.00000210. The molecule has 3 aromatic rings. The second-order valence-electron chi connectivity index (χ2n) is 6.25. The summed E-state index contributed by atoms with van der Waals surface area (Å²) in [5.41, 5.74) is 1.98. The third-order valence-corrected chi connectivity index (χ3v) is 5.19. The number of imidazole rings is 1. The van der Waals surface area contributed by atoms with E-state index in [1.165, 1.54) is 0 Å². The molecule has 10 heteroatoms. The van der Waals surface area contributed by atoms with Crippen LogP contribution < -0.4 is 5.32 Å². The van der Waals surface area contributed by atoms with Gasteiger partial charge < -0.3 is 14.7 Å². The number of thiazole rings is 1. The largest absolute Gasteiger partial charge is 0.364 e. The third-order valence-electron chi connectivity index (χ3n) is 4.42. The lowest BCUT2D eigenvalue weighted by molar-refractivity contribution is 0.169. The van der Waals surface area contributed by atoms with Crippen LogP contribution >= 0.6 is 35.3 Å². The lowest BCUT2D eigenvalue weighted by Crippen LogP contribution is -2.52. The molecule has 3 aromatic heterocycles. The van der Waals surface area contributed by atoms with Crippen LogP contribution in [0.2, 0.25) is 0 Å². The minimum atomic E-state index is 0. The second-order valence-corrected chi connectivity index (χ2v) is 7.12. The molecule has 4 rings (SSSR count). The molecule has 0 saturated carbocycles. The average Bonchev–Trinajstić information content (AvgIpc) is 3.37. The lowest BCUT2D eigenvalue weighted by Gasteiger charge is -2.36. The Morgan fingerprint density at radius 1 is 1.30 bits per heavy atom. The van der Waals surface area contributed by atoms with E-state index in [4.69, 9.17) is 9.52 Å². The maximum Gasteiger partial charge on any atom is 0.194 e. The van der Waals surface area contributed by atoms with Gasteiger partial charge in [-0.2, -0.15) is 0 Å². The molecule has 146 valence electrons. The van der Waals surface area contributed by atoms with E-state index in [9.17, 15) is 0 Å². The molecule has 1 saturated heterocycles. The summed E-state index contributed by atoms with van der Waals surface area (Å²) in [5.74, 6) is 0.963. The van der Waals surface area contributed by atoms with Gasteiger partial charge >= 0.3 is 0 Å². The highest BCUT2D eigenvalue weighted by atomic mass is 127. The van der Waals surface area contributed by atoms with Crippen LogP contribution in [-0.4, -0.2) is 63.0 Å². The Morgan fingerprint density at radius 2 is 2.15 bits per heavy atom. The zero-order chi connectivity index (χ0) is 17.8. The van der Waals surface area contributed by atoms with E-state index < -0.39 is 0 Å². The number of halogens is 1. The molecule has 0 atom stereocenters. The minimum Gasteiger partial charge on any atom is -0.364 e. The van der Waals surface area contributed by atoms with E-state index in [1.54, 1.807) is 17.6 Å². The van der Waals surface area contributed by atoms with E-state index in [-0.39, 0.29) is 24.0 Å². The van der Waals surface area contributed by atoms with Crippen LogP contribution in [0.15, 0.2) is 39.6 Å². The van der Waals surface area contributed by atoms with Crippen molar-refractivity contribution in [2.24, 2.45) is 4.99 Å². The van der Waals surface area contributed by atoms with Crippen molar-refractivity contribution < 1.29 is 4.52 Å². The average molecular weight is 501 g/mol. The zero-order valence-corrected chi connectivity index (χ0v) is 18.4. The molecule has 1 aliphatic rings. The first-order chi connectivity index (χ1) is 12.8. The predicted molar refractivity (Wildman–Crippen MR) is 117 cm³/mol. The Kier molecular flexibility index (Phi) is 7.07. The monoisotopic (exact) mass is 501 g/mol. The van der Waals surface area contributed by atoms with Gasteiger partial charge in [0, 0.05) is 63.1 Å². The summed E-state index contributed by atoms with van der Waals surface area (Å²) in [5, 5.41) is 9.44. The van der Waals surface area contributed by atoms with E-state index in [1.807, 2.05) is 22.0 Å². The van der Waals surface area contributed by atoms with E-state index in [2.05, 4.69) is 38.4 Å². The molecule has 27 heavy (non-hydrogen) atoms. The number of nitrogens with zero attached hydrogens (tertiary/aromatic N) is 6. The Hall–Kier alpha value is -1.66. The standard InChI is InChI=1S/C17H23N7OS.HI/c1-2-18-16(19-11-15-13-24-8-10-26-17(24)20-15)23-6-4-22(5-7-23)12-14-3-9-25-21-14;/h3,8-10,13H,2,4-7,11-12H2,1H3,(H,18,19);1H. The van der Waals surface area contributed by atoms with E-state index >= 15 is 0 Å². The van der Waals surface area contributed by atoms with Gasteiger partial charge in [0.25, 0.3) is 0 Å². The fraction of sp³-hybridized carbons (Fsp3) is 0.471. The number of nitrogens with one attached hydrogen (secondary N) is 1. The lowest BCUT2D eigenvalue weighted by atomic mass is 10.3. The normalized spacial score (nSPS) is 15.9. The number of aromatic nitrogens is 3. The van der Waals surface area contributed by atoms with Gasteiger partial charge in [0.2, 0.25) is 0 Å². The number of hydrogen-bond acceptors (Lipinski definition) is 6. The minimum absolute atomic E-state index is 0. The maximum absolute atomic E-state index is 4.91. The van der Waals surface area contributed by atoms with Crippen LogP contribution in [0.4, 0.5) is 0 Å². The highest BCUT2D eigenvalue weighted by Gasteiger charge is 2.20. The van der Waals surface area contributed by atoms with E-state index in [0.717, 1.165) is 61.6 Å². The van der Waals surface area contributed by atoms with Crippen molar-refractivity contribution in [3.05, 3.63) is 41.5 Å².